The predicted molar refractivity (Wildman–Crippen MR) is 189 cm³/mol. The first kappa shape index (κ1) is 34.8. The number of carbonyl (C=O) groups excluding carboxylic acids is 4. The van der Waals surface area contributed by atoms with Crippen molar-refractivity contribution < 1.29 is 38.9 Å². The van der Waals surface area contributed by atoms with Crippen LogP contribution in [0.4, 0.5) is 11.4 Å². The second-order valence-electron chi connectivity index (χ2n) is 12.1. The van der Waals surface area contributed by atoms with Gasteiger partial charge in [0.1, 0.15) is 29.1 Å². The lowest BCUT2D eigenvalue weighted by atomic mass is 9.77. The normalized spacial score (nSPS) is 15.3. The molecule has 12 heteroatoms. The highest BCUT2D eigenvalue weighted by atomic mass is 16.6. The molecule has 6 rings (SSSR count). The van der Waals surface area contributed by atoms with Gasteiger partial charge in [0.05, 0.1) is 12.1 Å². The minimum Gasteiger partial charge on any atom is -0.511 e. The third-order valence-corrected chi connectivity index (χ3v) is 8.64. The van der Waals surface area contributed by atoms with Crippen molar-refractivity contribution in [2.45, 2.75) is 37.7 Å². The van der Waals surface area contributed by atoms with Gasteiger partial charge in [-0.25, -0.2) is 4.79 Å². The number of aryl methyl sites for hydroxylation is 1. The lowest BCUT2D eigenvalue weighted by Crippen LogP contribution is -2.33. The van der Waals surface area contributed by atoms with Crippen LogP contribution in [0.2, 0.25) is 0 Å². The molecule has 1 spiro atoms. The van der Waals surface area contributed by atoms with Crippen LogP contribution in [0, 0.1) is 23.7 Å². The Kier molecular flexibility index (Phi) is 9.92. The van der Waals surface area contributed by atoms with Crippen LogP contribution >= 0.6 is 0 Å². The molecule has 1 unspecified atom stereocenters. The molecule has 0 aliphatic carbocycles. The van der Waals surface area contributed by atoms with Crippen LogP contribution < -0.4 is 20.7 Å². The number of phenols is 1. The molecule has 260 valence electrons. The zero-order chi connectivity index (χ0) is 36.8. The summed E-state index contributed by atoms with van der Waals surface area (Å²) >= 11 is 0. The standard InChI is InChI=1S/C40H32N4O8/c1-2-3-9-33(46)29(22-41)38(49)44-25-14-12-24(13-15-25)7-6-11-36(47)42-23-37(48)43-26-16-18-30-28(20-26)39(50)52-40(30)31-8-4-5-10-34(31)51-35-21-27(45)17-19-32(35)40/h1,4-5,8,10,12-21,45-46H,3,6-7,9,11,23H2,(H,42,47)(H,43,48)(H,44,49)/b33-29-. The van der Waals surface area contributed by atoms with Gasteiger partial charge < -0.3 is 35.6 Å². The van der Waals surface area contributed by atoms with Crippen molar-refractivity contribution in [1.82, 2.24) is 5.32 Å². The second-order valence-corrected chi connectivity index (χ2v) is 12.1. The number of amides is 3. The van der Waals surface area contributed by atoms with Gasteiger partial charge in [0.25, 0.3) is 5.91 Å². The summed E-state index contributed by atoms with van der Waals surface area (Å²) in [6.07, 6.45) is 6.60. The summed E-state index contributed by atoms with van der Waals surface area (Å²) < 4.78 is 12.1. The molecule has 0 radical (unpaired) electrons. The highest BCUT2D eigenvalue weighted by Crippen LogP contribution is 2.56. The van der Waals surface area contributed by atoms with E-state index in [9.17, 15) is 34.7 Å². The Morgan fingerprint density at radius 1 is 0.846 bits per heavy atom. The van der Waals surface area contributed by atoms with Crippen molar-refractivity contribution in [3.63, 3.8) is 0 Å². The number of nitriles is 1. The van der Waals surface area contributed by atoms with Crippen LogP contribution in [0.3, 0.4) is 0 Å². The van der Waals surface area contributed by atoms with Gasteiger partial charge >= 0.3 is 5.97 Å². The Morgan fingerprint density at radius 2 is 1.58 bits per heavy atom. The Labute approximate surface area is 298 Å². The number of aromatic hydroxyl groups is 1. The van der Waals surface area contributed by atoms with E-state index in [2.05, 4.69) is 21.9 Å². The minimum atomic E-state index is -1.31. The van der Waals surface area contributed by atoms with Crippen LogP contribution in [0.1, 0.15) is 58.3 Å². The van der Waals surface area contributed by atoms with Crippen LogP contribution in [0.15, 0.2) is 96.3 Å². The number of allylic oxidation sites excluding steroid dienone is 1. The van der Waals surface area contributed by atoms with Crippen molar-refractivity contribution in [2.75, 3.05) is 17.2 Å². The van der Waals surface area contributed by atoms with E-state index in [1.807, 2.05) is 12.1 Å². The molecule has 5 N–H and O–H groups in total. The zero-order valence-electron chi connectivity index (χ0n) is 27.7. The third-order valence-electron chi connectivity index (χ3n) is 8.64. The van der Waals surface area contributed by atoms with Gasteiger partial charge in [-0.15, -0.1) is 12.3 Å². The maximum atomic E-state index is 13.3. The highest BCUT2D eigenvalue weighted by Gasteiger charge is 2.53. The molecule has 12 nitrogen and oxygen atoms in total. The molecule has 2 aliphatic rings. The number of esters is 1. The molecule has 1 atom stereocenters. The van der Waals surface area contributed by atoms with Gasteiger partial charge in [-0.3, -0.25) is 14.4 Å². The fourth-order valence-corrected chi connectivity index (χ4v) is 6.18. The number of ether oxygens (including phenoxy) is 2. The first-order valence-electron chi connectivity index (χ1n) is 16.3. The molecule has 52 heavy (non-hydrogen) atoms. The minimum absolute atomic E-state index is 0.000728. The number of rotatable bonds is 11. The van der Waals surface area contributed by atoms with E-state index in [4.69, 9.17) is 15.9 Å². The molecular formula is C40H32N4O8. The summed E-state index contributed by atoms with van der Waals surface area (Å²) in [6.45, 7) is -0.280. The number of hydrogen-bond donors (Lipinski definition) is 5. The van der Waals surface area contributed by atoms with E-state index >= 15 is 0 Å². The zero-order valence-corrected chi connectivity index (χ0v) is 27.7. The van der Waals surface area contributed by atoms with E-state index < -0.39 is 29.0 Å². The molecular weight excluding hydrogens is 664 g/mol. The second kappa shape index (κ2) is 14.8. The molecule has 0 saturated heterocycles. The van der Waals surface area contributed by atoms with Gasteiger partial charge in [0, 0.05) is 53.4 Å². The van der Waals surface area contributed by atoms with Crippen LogP contribution in [0.25, 0.3) is 0 Å². The van der Waals surface area contributed by atoms with E-state index in [1.54, 1.807) is 60.7 Å². The fourth-order valence-electron chi connectivity index (χ4n) is 6.18. The lowest BCUT2D eigenvalue weighted by molar-refractivity contribution is -0.124. The summed E-state index contributed by atoms with van der Waals surface area (Å²) in [5.41, 5.74) is 1.95. The van der Waals surface area contributed by atoms with Gasteiger partial charge in [0.2, 0.25) is 11.8 Å². The molecule has 4 aromatic carbocycles. The van der Waals surface area contributed by atoms with E-state index in [1.165, 1.54) is 18.2 Å². The first-order valence-corrected chi connectivity index (χ1v) is 16.3. The highest BCUT2D eigenvalue weighted by molar-refractivity contribution is 6.07. The van der Waals surface area contributed by atoms with Crippen molar-refractivity contribution >= 4 is 35.1 Å². The SMILES string of the molecule is C#CCC/C(O)=C(\C#N)C(=O)Nc1ccc(CCCC(=O)NCC(=O)Nc2ccc3c(c2)C(=O)OC32c3ccccc3Oc3cc(O)ccc32)cc1. The smallest absolute Gasteiger partial charge is 0.340 e. The number of nitrogens with zero attached hydrogens (tertiary/aromatic N) is 1. The molecule has 0 bridgehead atoms. The summed E-state index contributed by atoms with van der Waals surface area (Å²) in [5, 5.41) is 37.2. The quantitative estimate of drug-likeness (QED) is 0.0429. The summed E-state index contributed by atoms with van der Waals surface area (Å²) in [4.78, 5) is 50.9. The topological polar surface area (TPSA) is 187 Å². The first-order chi connectivity index (χ1) is 25.1. The number of terminal acetylenes is 1. The summed E-state index contributed by atoms with van der Waals surface area (Å²) in [6, 6.07) is 25.2. The Hall–Kier alpha value is -7.05. The molecule has 0 fully saturated rings. The van der Waals surface area contributed by atoms with Crippen LogP contribution in [0.5, 0.6) is 17.2 Å². The van der Waals surface area contributed by atoms with E-state index in [-0.39, 0.29) is 48.8 Å². The maximum Gasteiger partial charge on any atom is 0.340 e. The fraction of sp³-hybridized carbons (Fsp3) is 0.175. The number of nitrogens with one attached hydrogen (secondary N) is 3. The number of carbonyl (C=O) groups is 4. The van der Waals surface area contributed by atoms with E-state index in [0.717, 1.165) is 5.56 Å². The largest absolute Gasteiger partial charge is 0.511 e. The molecule has 2 heterocycles. The molecule has 4 aromatic rings. The van der Waals surface area contributed by atoms with Crippen LogP contribution in [-0.4, -0.2) is 40.4 Å². The number of phenolic OH excluding ortho intramolecular Hbond substituents is 1. The Balaban J connectivity index is 1.01. The monoisotopic (exact) mass is 696 g/mol. The molecule has 0 saturated carbocycles. The number of para-hydroxylation sites is 1. The number of fused-ring (bicyclic) bond motifs is 6. The molecule has 2 aliphatic heterocycles. The van der Waals surface area contributed by atoms with E-state index in [0.29, 0.717) is 52.4 Å². The van der Waals surface area contributed by atoms with Gasteiger partial charge in [-0.05, 0) is 60.9 Å². The average Bonchev–Trinajstić information content (AvgIpc) is 3.42. The molecule has 3 amide bonds. The van der Waals surface area contributed by atoms with Crippen molar-refractivity contribution in [1.29, 1.82) is 5.26 Å². The third kappa shape index (κ3) is 6.99. The van der Waals surface area contributed by atoms with Gasteiger partial charge in [-0.2, -0.15) is 5.26 Å². The van der Waals surface area contributed by atoms with Crippen molar-refractivity contribution in [3.05, 3.63) is 124 Å². The van der Waals surface area contributed by atoms with Gasteiger partial charge in [0.15, 0.2) is 11.2 Å². The van der Waals surface area contributed by atoms with Crippen molar-refractivity contribution in [3.8, 4) is 35.7 Å². The lowest BCUT2D eigenvalue weighted by Gasteiger charge is -2.36. The number of benzene rings is 4. The maximum absolute atomic E-state index is 13.3. The average molecular weight is 697 g/mol. The Bertz CT molecular complexity index is 2210. The van der Waals surface area contributed by atoms with Crippen molar-refractivity contribution in [2.24, 2.45) is 0 Å². The number of hydrogen-bond acceptors (Lipinski definition) is 9. The Morgan fingerprint density at radius 3 is 2.35 bits per heavy atom. The number of aliphatic hydroxyl groups excluding tert-OH is 1. The van der Waals surface area contributed by atoms with Crippen LogP contribution in [-0.2, 0) is 31.1 Å². The summed E-state index contributed by atoms with van der Waals surface area (Å²) in [7, 11) is 0. The van der Waals surface area contributed by atoms with Gasteiger partial charge in [-0.1, -0.05) is 36.4 Å². The molecule has 0 aromatic heterocycles. The number of anilines is 2. The number of aliphatic hydroxyl groups is 1. The summed E-state index contributed by atoms with van der Waals surface area (Å²) in [5.74, 6) is 0.667. The predicted octanol–water partition coefficient (Wildman–Crippen LogP) is 5.73.